The molecule has 1 aromatic carbocycles. The lowest BCUT2D eigenvalue weighted by molar-refractivity contribution is 0.316. The molecular weight excluding hydrogens is 279 g/mol. The molecule has 1 saturated carbocycles. The zero-order valence-electron chi connectivity index (χ0n) is 11.7. The first-order valence-corrected chi connectivity index (χ1v) is 8.50. The first kappa shape index (κ1) is 15.4. The summed E-state index contributed by atoms with van der Waals surface area (Å²) in [5, 5.41) is 3.00. The van der Waals surface area contributed by atoms with E-state index in [2.05, 4.69) is 10.0 Å². The monoisotopic (exact) mass is 300 g/mol. The highest BCUT2D eigenvalue weighted by Gasteiger charge is 2.21. The molecule has 0 amide bonds. The Morgan fingerprint density at radius 3 is 2.70 bits per heavy atom. The number of halogens is 1. The topological polar surface area (TPSA) is 58.2 Å². The Hall–Kier alpha value is -0.980. The molecule has 112 valence electrons. The summed E-state index contributed by atoms with van der Waals surface area (Å²) < 4.78 is 40.5. The second kappa shape index (κ2) is 6.65. The van der Waals surface area contributed by atoms with Crippen LogP contribution in [0.5, 0.6) is 0 Å². The quantitative estimate of drug-likeness (QED) is 0.810. The van der Waals surface area contributed by atoms with Gasteiger partial charge in [-0.1, -0.05) is 13.3 Å². The van der Waals surface area contributed by atoms with Crippen LogP contribution in [0.2, 0.25) is 0 Å². The third-order valence-corrected chi connectivity index (χ3v) is 5.10. The maximum Gasteiger partial charge on any atom is 0.240 e. The molecule has 0 saturated heterocycles. The molecule has 20 heavy (non-hydrogen) atoms. The van der Waals surface area contributed by atoms with Crippen molar-refractivity contribution in [1.29, 1.82) is 0 Å². The first-order valence-electron chi connectivity index (χ1n) is 7.01. The van der Waals surface area contributed by atoms with Gasteiger partial charge in [0.25, 0.3) is 0 Å². The van der Waals surface area contributed by atoms with Crippen LogP contribution < -0.4 is 10.0 Å². The van der Waals surface area contributed by atoms with Crippen LogP contribution in [-0.2, 0) is 16.6 Å². The predicted octanol–water partition coefficient (Wildman–Crippen LogP) is 2.01. The number of hydrogen-bond donors (Lipinski definition) is 2. The maximum absolute atomic E-state index is 13.6. The number of rotatable bonds is 7. The van der Waals surface area contributed by atoms with Gasteiger partial charge in [-0.05, 0) is 43.5 Å². The maximum atomic E-state index is 13.6. The van der Waals surface area contributed by atoms with E-state index in [1.54, 1.807) is 0 Å². The standard InChI is InChI=1S/C14H21FN2O2S/c1-2-16-10-12-8-13(6-7-14(12)15)20(18,19)17-9-11-4-3-5-11/h6-8,11,16-17H,2-5,9-10H2,1H3. The highest BCUT2D eigenvalue weighted by Crippen LogP contribution is 2.26. The summed E-state index contributed by atoms with van der Waals surface area (Å²) in [7, 11) is -3.54. The van der Waals surface area contributed by atoms with Crippen LogP contribution in [0.3, 0.4) is 0 Å². The minimum atomic E-state index is -3.54. The summed E-state index contributed by atoms with van der Waals surface area (Å²) in [6.45, 7) is 3.42. The van der Waals surface area contributed by atoms with E-state index in [0.29, 0.717) is 31.1 Å². The van der Waals surface area contributed by atoms with Gasteiger partial charge in [0.05, 0.1) is 4.90 Å². The van der Waals surface area contributed by atoms with Gasteiger partial charge in [0, 0.05) is 18.7 Å². The summed E-state index contributed by atoms with van der Waals surface area (Å²) in [5.41, 5.74) is 0.373. The molecule has 0 spiro atoms. The zero-order chi connectivity index (χ0) is 14.6. The fraction of sp³-hybridized carbons (Fsp3) is 0.571. The molecule has 1 aromatic rings. The minimum Gasteiger partial charge on any atom is -0.313 e. The Morgan fingerprint density at radius 1 is 1.35 bits per heavy atom. The molecular formula is C14H21FN2O2S. The van der Waals surface area contributed by atoms with Gasteiger partial charge in [-0.25, -0.2) is 17.5 Å². The average Bonchev–Trinajstić information content (AvgIpc) is 2.35. The van der Waals surface area contributed by atoms with E-state index in [0.717, 1.165) is 12.8 Å². The van der Waals surface area contributed by atoms with E-state index in [9.17, 15) is 12.8 Å². The molecule has 0 radical (unpaired) electrons. The largest absolute Gasteiger partial charge is 0.313 e. The molecule has 1 aliphatic carbocycles. The lowest BCUT2D eigenvalue weighted by Crippen LogP contribution is -2.32. The second-order valence-electron chi connectivity index (χ2n) is 5.18. The molecule has 0 aliphatic heterocycles. The van der Waals surface area contributed by atoms with Gasteiger partial charge in [0.1, 0.15) is 5.82 Å². The van der Waals surface area contributed by atoms with Gasteiger partial charge >= 0.3 is 0 Å². The van der Waals surface area contributed by atoms with Crippen LogP contribution in [0.1, 0.15) is 31.7 Å². The number of sulfonamides is 1. The van der Waals surface area contributed by atoms with Crippen molar-refractivity contribution in [3.05, 3.63) is 29.6 Å². The van der Waals surface area contributed by atoms with Crippen LogP contribution >= 0.6 is 0 Å². The summed E-state index contributed by atoms with van der Waals surface area (Å²) in [5.74, 6) is 0.0651. The summed E-state index contributed by atoms with van der Waals surface area (Å²) in [4.78, 5) is 0.131. The van der Waals surface area contributed by atoms with Crippen molar-refractivity contribution in [2.24, 2.45) is 5.92 Å². The van der Waals surface area contributed by atoms with Gasteiger partial charge in [-0.15, -0.1) is 0 Å². The normalized spacial score (nSPS) is 16.1. The summed E-state index contributed by atoms with van der Waals surface area (Å²) in [6, 6.07) is 3.93. The average molecular weight is 300 g/mol. The summed E-state index contributed by atoms with van der Waals surface area (Å²) >= 11 is 0. The van der Waals surface area contributed by atoms with Crippen molar-refractivity contribution >= 4 is 10.0 Å². The molecule has 0 heterocycles. The molecule has 0 bridgehead atoms. The Balaban J connectivity index is 2.09. The fourth-order valence-electron chi connectivity index (χ4n) is 2.12. The number of nitrogens with one attached hydrogen (secondary N) is 2. The van der Waals surface area contributed by atoms with Crippen LogP contribution in [0.25, 0.3) is 0 Å². The molecule has 0 atom stereocenters. The van der Waals surface area contributed by atoms with E-state index < -0.39 is 10.0 Å². The summed E-state index contributed by atoms with van der Waals surface area (Å²) in [6.07, 6.45) is 3.34. The smallest absolute Gasteiger partial charge is 0.240 e. The molecule has 0 unspecified atom stereocenters. The number of hydrogen-bond acceptors (Lipinski definition) is 3. The van der Waals surface area contributed by atoms with Crippen LogP contribution in [0, 0.1) is 11.7 Å². The zero-order valence-corrected chi connectivity index (χ0v) is 12.5. The van der Waals surface area contributed by atoms with Gasteiger partial charge in [-0.3, -0.25) is 0 Å². The van der Waals surface area contributed by atoms with E-state index >= 15 is 0 Å². The SMILES string of the molecule is CCNCc1cc(S(=O)(=O)NCC2CCC2)ccc1F. The van der Waals surface area contributed by atoms with Crippen molar-refractivity contribution in [3.8, 4) is 0 Å². The first-order chi connectivity index (χ1) is 9.53. The molecule has 1 fully saturated rings. The lowest BCUT2D eigenvalue weighted by atomic mass is 9.86. The van der Waals surface area contributed by atoms with Crippen molar-refractivity contribution < 1.29 is 12.8 Å². The molecule has 6 heteroatoms. The van der Waals surface area contributed by atoms with Crippen LogP contribution in [-0.4, -0.2) is 21.5 Å². The van der Waals surface area contributed by atoms with Crippen LogP contribution in [0.15, 0.2) is 23.1 Å². The Kier molecular flexibility index (Phi) is 5.12. The Bertz CT molecular complexity index is 556. The fourth-order valence-corrected chi connectivity index (χ4v) is 3.29. The second-order valence-corrected chi connectivity index (χ2v) is 6.95. The number of benzene rings is 1. The lowest BCUT2D eigenvalue weighted by Gasteiger charge is -2.25. The Labute approximate surface area is 119 Å². The molecule has 2 N–H and O–H groups in total. The molecule has 4 nitrogen and oxygen atoms in total. The molecule has 1 aliphatic rings. The van der Waals surface area contributed by atoms with Gasteiger partial charge in [0.15, 0.2) is 0 Å². The third-order valence-electron chi connectivity index (χ3n) is 3.68. The van der Waals surface area contributed by atoms with Crippen molar-refractivity contribution in [2.45, 2.75) is 37.6 Å². The van der Waals surface area contributed by atoms with Crippen molar-refractivity contribution in [1.82, 2.24) is 10.0 Å². The molecule has 0 aromatic heterocycles. The third kappa shape index (κ3) is 3.77. The highest BCUT2D eigenvalue weighted by molar-refractivity contribution is 7.89. The van der Waals surface area contributed by atoms with Gasteiger partial charge < -0.3 is 5.32 Å². The minimum absolute atomic E-state index is 0.131. The predicted molar refractivity (Wildman–Crippen MR) is 76.3 cm³/mol. The van der Waals surface area contributed by atoms with Crippen molar-refractivity contribution in [3.63, 3.8) is 0 Å². The van der Waals surface area contributed by atoms with Crippen LogP contribution in [0.4, 0.5) is 4.39 Å². The van der Waals surface area contributed by atoms with Gasteiger partial charge in [-0.2, -0.15) is 0 Å². The highest BCUT2D eigenvalue weighted by atomic mass is 32.2. The van der Waals surface area contributed by atoms with Crippen molar-refractivity contribution in [2.75, 3.05) is 13.1 Å². The molecule has 2 rings (SSSR count). The van der Waals surface area contributed by atoms with E-state index in [1.807, 2.05) is 6.92 Å². The van der Waals surface area contributed by atoms with E-state index in [-0.39, 0.29) is 10.7 Å². The van der Waals surface area contributed by atoms with Gasteiger partial charge in [0.2, 0.25) is 10.0 Å². The van der Waals surface area contributed by atoms with E-state index in [4.69, 9.17) is 0 Å². The van der Waals surface area contributed by atoms with E-state index in [1.165, 1.54) is 24.6 Å². The Morgan fingerprint density at radius 2 is 2.10 bits per heavy atom.